The molecule has 1 fully saturated rings. The van der Waals surface area contributed by atoms with Crippen molar-refractivity contribution in [3.63, 3.8) is 0 Å². The number of piperidine rings is 1. The number of amides is 1. The van der Waals surface area contributed by atoms with Gasteiger partial charge in [0.2, 0.25) is 0 Å². The zero-order valence-electron chi connectivity index (χ0n) is 15.5. The average molecular weight is 375 g/mol. The maximum atomic E-state index is 12.4. The molecule has 1 aromatic heterocycles. The summed E-state index contributed by atoms with van der Waals surface area (Å²) in [4.78, 5) is 21.6. The third-order valence-corrected chi connectivity index (χ3v) is 5.24. The van der Waals surface area contributed by atoms with Gasteiger partial charge in [0.15, 0.2) is 0 Å². The fourth-order valence-corrected chi connectivity index (χ4v) is 3.47. The number of hydrogen-bond donors (Lipinski definition) is 1. The van der Waals surface area contributed by atoms with Gasteiger partial charge in [0.25, 0.3) is 5.91 Å². The number of rotatable bonds is 6. The van der Waals surface area contributed by atoms with Crippen LogP contribution in [0.5, 0.6) is 0 Å². The van der Waals surface area contributed by atoms with E-state index in [-0.39, 0.29) is 5.91 Å². The number of halogens is 1. The Kier molecular flexibility index (Phi) is 6.46. The quantitative estimate of drug-likeness (QED) is 0.844. The molecule has 5 nitrogen and oxygen atoms in total. The van der Waals surface area contributed by atoms with E-state index in [0.29, 0.717) is 16.6 Å². The van der Waals surface area contributed by atoms with Crippen LogP contribution >= 0.6 is 11.6 Å². The molecular weight excluding hydrogens is 348 g/mol. The highest BCUT2D eigenvalue weighted by molar-refractivity contribution is 6.31. The van der Waals surface area contributed by atoms with Crippen LogP contribution in [-0.4, -0.2) is 67.5 Å². The number of aromatic nitrogens is 1. The smallest absolute Gasteiger partial charge is 0.269 e. The predicted molar refractivity (Wildman–Crippen MR) is 107 cm³/mol. The Labute approximate surface area is 160 Å². The number of carbonyl (C=O) groups is 1. The first-order valence-electron chi connectivity index (χ1n) is 9.23. The van der Waals surface area contributed by atoms with Crippen LogP contribution in [0.3, 0.4) is 0 Å². The van der Waals surface area contributed by atoms with Gasteiger partial charge in [-0.25, -0.2) is 4.98 Å². The molecule has 1 aromatic carbocycles. The van der Waals surface area contributed by atoms with Crippen molar-refractivity contribution in [2.24, 2.45) is 5.92 Å². The van der Waals surface area contributed by atoms with Crippen molar-refractivity contribution in [1.82, 2.24) is 20.1 Å². The van der Waals surface area contributed by atoms with Gasteiger partial charge in [-0.2, -0.15) is 0 Å². The SMILES string of the molecule is CN(C)CCN1CCC(CNC(=O)c2ccc3ccc(Cl)cc3n2)CC1. The van der Waals surface area contributed by atoms with Gasteiger partial charge in [-0.05, 0) is 64.1 Å². The van der Waals surface area contributed by atoms with E-state index in [9.17, 15) is 4.79 Å². The second-order valence-electron chi connectivity index (χ2n) is 7.33. The van der Waals surface area contributed by atoms with Crippen LogP contribution in [0.25, 0.3) is 10.9 Å². The van der Waals surface area contributed by atoms with Crippen molar-refractivity contribution in [1.29, 1.82) is 0 Å². The van der Waals surface area contributed by atoms with Crippen LogP contribution in [0, 0.1) is 5.92 Å². The van der Waals surface area contributed by atoms with Gasteiger partial charge in [-0.1, -0.05) is 23.7 Å². The van der Waals surface area contributed by atoms with Gasteiger partial charge >= 0.3 is 0 Å². The highest BCUT2D eigenvalue weighted by Crippen LogP contribution is 2.19. The molecule has 0 bridgehead atoms. The molecule has 1 N–H and O–H groups in total. The van der Waals surface area contributed by atoms with Gasteiger partial charge in [0.05, 0.1) is 5.52 Å². The lowest BCUT2D eigenvalue weighted by Gasteiger charge is -2.32. The summed E-state index contributed by atoms with van der Waals surface area (Å²) in [6, 6.07) is 9.22. The Bertz CT molecular complexity index is 757. The summed E-state index contributed by atoms with van der Waals surface area (Å²) in [7, 11) is 4.22. The summed E-state index contributed by atoms with van der Waals surface area (Å²) in [6.45, 7) is 5.16. The number of likely N-dealkylation sites (tertiary alicyclic amines) is 1. The van der Waals surface area contributed by atoms with Crippen LogP contribution < -0.4 is 5.32 Å². The van der Waals surface area contributed by atoms with Gasteiger partial charge in [-0.3, -0.25) is 4.79 Å². The molecule has 1 aliphatic heterocycles. The summed E-state index contributed by atoms with van der Waals surface area (Å²) < 4.78 is 0. The van der Waals surface area contributed by atoms with E-state index < -0.39 is 0 Å². The number of hydrogen-bond acceptors (Lipinski definition) is 4. The first-order chi connectivity index (χ1) is 12.5. The van der Waals surface area contributed by atoms with Crippen LogP contribution in [0.4, 0.5) is 0 Å². The Hall–Kier alpha value is -1.69. The zero-order valence-corrected chi connectivity index (χ0v) is 16.3. The van der Waals surface area contributed by atoms with E-state index in [1.807, 2.05) is 18.2 Å². The van der Waals surface area contributed by atoms with Crippen molar-refractivity contribution >= 4 is 28.4 Å². The van der Waals surface area contributed by atoms with Crippen molar-refractivity contribution in [3.05, 3.63) is 41.0 Å². The Balaban J connectivity index is 1.49. The summed E-state index contributed by atoms with van der Waals surface area (Å²) in [5.74, 6) is 0.436. The van der Waals surface area contributed by atoms with Gasteiger partial charge in [0.1, 0.15) is 5.69 Å². The number of likely N-dealkylation sites (N-methyl/N-ethyl adjacent to an activating group) is 1. The zero-order chi connectivity index (χ0) is 18.5. The van der Waals surface area contributed by atoms with Crippen molar-refractivity contribution < 1.29 is 4.79 Å². The molecule has 6 heteroatoms. The first kappa shape index (κ1) is 19.1. The third kappa shape index (κ3) is 5.16. The van der Waals surface area contributed by atoms with Crippen molar-refractivity contribution in [2.45, 2.75) is 12.8 Å². The van der Waals surface area contributed by atoms with Gasteiger partial charge in [0, 0.05) is 30.0 Å². The fraction of sp³-hybridized carbons (Fsp3) is 0.500. The number of nitrogens with one attached hydrogen (secondary N) is 1. The van der Waals surface area contributed by atoms with E-state index >= 15 is 0 Å². The minimum Gasteiger partial charge on any atom is -0.350 e. The third-order valence-electron chi connectivity index (χ3n) is 5.01. The monoisotopic (exact) mass is 374 g/mol. The molecule has 0 radical (unpaired) electrons. The summed E-state index contributed by atoms with van der Waals surface area (Å²) in [5, 5.41) is 4.66. The van der Waals surface area contributed by atoms with E-state index in [4.69, 9.17) is 11.6 Å². The molecule has 0 aliphatic carbocycles. The topological polar surface area (TPSA) is 48.5 Å². The van der Waals surface area contributed by atoms with Crippen molar-refractivity contribution in [3.8, 4) is 0 Å². The summed E-state index contributed by atoms with van der Waals surface area (Å²) in [6.07, 6.45) is 2.27. The second-order valence-corrected chi connectivity index (χ2v) is 7.77. The predicted octanol–water partition coefficient (Wildman–Crippen LogP) is 2.89. The number of nitrogens with zero attached hydrogens (tertiary/aromatic N) is 3. The summed E-state index contributed by atoms with van der Waals surface area (Å²) in [5.41, 5.74) is 1.20. The molecule has 1 aliphatic rings. The molecular formula is C20H27ClN4O. The summed E-state index contributed by atoms with van der Waals surface area (Å²) >= 11 is 6.02. The van der Waals surface area contributed by atoms with Crippen LogP contribution in [-0.2, 0) is 0 Å². The first-order valence-corrected chi connectivity index (χ1v) is 9.60. The van der Waals surface area contributed by atoms with Crippen LogP contribution in [0.1, 0.15) is 23.3 Å². The number of fused-ring (bicyclic) bond motifs is 1. The average Bonchev–Trinajstić information content (AvgIpc) is 2.64. The number of benzene rings is 1. The van der Waals surface area contributed by atoms with E-state index in [1.54, 1.807) is 12.1 Å². The highest BCUT2D eigenvalue weighted by atomic mass is 35.5. The minimum atomic E-state index is -0.109. The number of pyridine rings is 1. The molecule has 1 saturated heterocycles. The lowest BCUT2D eigenvalue weighted by molar-refractivity contribution is 0.0930. The molecule has 140 valence electrons. The lowest BCUT2D eigenvalue weighted by Crippen LogP contribution is -2.41. The van der Waals surface area contributed by atoms with E-state index in [2.05, 4.69) is 34.2 Å². The molecule has 1 amide bonds. The lowest BCUT2D eigenvalue weighted by atomic mass is 9.96. The van der Waals surface area contributed by atoms with Gasteiger partial charge in [-0.15, -0.1) is 0 Å². The molecule has 26 heavy (non-hydrogen) atoms. The van der Waals surface area contributed by atoms with Crippen LogP contribution in [0.15, 0.2) is 30.3 Å². The molecule has 0 atom stereocenters. The Morgan fingerprint density at radius 3 is 2.73 bits per heavy atom. The maximum absolute atomic E-state index is 12.4. The van der Waals surface area contributed by atoms with E-state index in [1.165, 1.54) is 0 Å². The molecule has 2 heterocycles. The largest absolute Gasteiger partial charge is 0.350 e. The Morgan fingerprint density at radius 2 is 2.00 bits per heavy atom. The van der Waals surface area contributed by atoms with Crippen LogP contribution in [0.2, 0.25) is 5.02 Å². The molecule has 0 spiro atoms. The maximum Gasteiger partial charge on any atom is 0.269 e. The number of carbonyl (C=O) groups excluding carboxylic acids is 1. The van der Waals surface area contributed by atoms with Gasteiger partial charge < -0.3 is 15.1 Å². The molecule has 3 rings (SSSR count). The van der Waals surface area contributed by atoms with E-state index in [0.717, 1.165) is 56.5 Å². The molecule has 2 aromatic rings. The fourth-order valence-electron chi connectivity index (χ4n) is 3.30. The van der Waals surface area contributed by atoms with Crippen molar-refractivity contribution in [2.75, 3.05) is 46.8 Å². The molecule has 0 unspecified atom stereocenters. The standard InChI is InChI=1S/C20H27ClN4O/c1-24(2)11-12-25-9-7-15(8-10-25)14-22-20(26)18-6-4-16-3-5-17(21)13-19(16)23-18/h3-6,13,15H,7-12,14H2,1-2H3,(H,22,26). The normalized spacial score (nSPS) is 16.3. The minimum absolute atomic E-state index is 0.109. The molecule has 0 saturated carbocycles. The second kappa shape index (κ2) is 8.80. The highest BCUT2D eigenvalue weighted by Gasteiger charge is 2.20. The Morgan fingerprint density at radius 1 is 1.27 bits per heavy atom.